The molecule has 0 aliphatic carbocycles. The molecule has 0 aliphatic rings. The van der Waals surface area contributed by atoms with E-state index in [1.54, 1.807) is 11.4 Å². The minimum absolute atomic E-state index is 0.667. The molecule has 96 valence electrons. The number of hydrogen-bond donors (Lipinski definition) is 0. The maximum atomic E-state index is 5.75. The zero-order valence-electron chi connectivity index (χ0n) is 10.3. The molecule has 2 nitrogen and oxygen atoms in total. The summed E-state index contributed by atoms with van der Waals surface area (Å²) < 4.78 is 11.5. The number of benzene rings is 1. The van der Waals surface area contributed by atoms with Gasteiger partial charge in [-0.1, -0.05) is 32.0 Å². The highest BCUT2D eigenvalue weighted by atomic mass is 32.9. The zero-order chi connectivity index (χ0) is 12.6. The molecule has 0 saturated heterocycles. The van der Waals surface area contributed by atoms with Crippen LogP contribution in [0.3, 0.4) is 0 Å². The topological polar surface area (TPSA) is 18.5 Å². The fraction of sp³-hybridized carbons (Fsp3) is 0.500. The smallest absolute Gasteiger partial charge is 0.252 e. The van der Waals surface area contributed by atoms with E-state index in [1.807, 2.05) is 30.3 Å². The Morgan fingerprint density at radius 3 is 2.06 bits per heavy atom. The van der Waals surface area contributed by atoms with Crippen LogP contribution in [0.2, 0.25) is 0 Å². The van der Waals surface area contributed by atoms with E-state index in [4.69, 9.17) is 20.9 Å². The first-order valence-corrected chi connectivity index (χ1v) is 9.90. The van der Waals surface area contributed by atoms with Gasteiger partial charge >= 0.3 is 0 Å². The molecule has 0 fully saturated rings. The Balaban J connectivity index is 2.65. The van der Waals surface area contributed by atoms with E-state index in [0.29, 0.717) is 13.2 Å². The molecule has 17 heavy (non-hydrogen) atoms. The first kappa shape index (κ1) is 15.2. The monoisotopic (exact) mass is 290 g/mol. The van der Waals surface area contributed by atoms with Crippen molar-refractivity contribution in [3.05, 3.63) is 30.3 Å². The summed E-state index contributed by atoms with van der Waals surface area (Å²) in [5.41, 5.74) is -2.22. The van der Waals surface area contributed by atoms with Gasteiger partial charge in [0.05, 0.1) is 13.2 Å². The summed E-state index contributed by atoms with van der Waals surface area (Å²) in [6.07, 6.45) is 1.92. The van der Waals surface area contributed by atoms with Crippen LogP contribution < -0.4 is 0 Å². The molecule has 0 saturated carbocycles. The predicted molar refractivity (Wildman–Crippen MR) is 79.1 cm³/mol. The fourth-order valence-corrected chi connectivity index (χ4v) is 5.76. The Hall–Kier alpha value is 0.140. The Morgan fingerprint density at radius 1 is 1.06 bits per heavy atom. The van der Waals surface area contributed by atoms with Gasteiger partial charge < -0.3 is 9.05 Å². The summed E-state index contributed by atoms with van der Waals surface area (Å²) in [5, 5.41) is 0. The van der Waals surface area contributed by atoms with E-state index in [-0.39, 0.29) is 0 Å². The minimum Gasteiger partial charge on any atom is -0.321 e. The Kier molecular flexibility index (Phi) is 7.40. The van der Waals surface area contributed by atoms with Crippen LogP contribution in [0.25, 0.3) is 0 Å². The van der Waals surface area contributed by atoms with Crippen LogP contribution in [0.5, 0.6) is 0 Å². The third-order valence-corrected chi connectivity index (χ3v) is 6.81. The average molecular weight is 290 g/mol. The first-order chi connectivity index (χ1) is 8.20. The van der Waals surface area contributed by atoms with E-state index < -0.39 is 5.69 Å². The SMILES string of the molecule is CCCOP(=S)(OCCC)Sc1ccccc1. The molecule has 0 N–H and O–H groups in total. The van der Waals surface area contributed by atoms with Crippen molar-refractivity contribution in [2.75, 3.05) is 13.2 Å². The summed E-state index contributed by atoms with van der Waals surface area (Å²) in [6.45, 7) is 5.49. The Morgan fingerprint density at radius 2 is 1.59 bits per heavy atom. The molecule has 1 aromatic carbocycles. The summed E-state index contributed by atoms with van der Waals surface area (Å²) in [4.78, 5) is 1.11. The maximum Gasteiger partial charge on any atom is 0.252 e. The van der Waals surface area contributed by atoms with Crippen LogP contribution in [-0.4, -0.2) is 13.2 Å². The molecule has 0 unspecified atom stereocenters. The van der Waals surface area contributed by atoms with Crippen LogP contribution in [0.1, 0.15) is 26.7 Å². The van der Waals surface area contributed by atoms with Gasteiger partial charge in [0.25, 0.3) is 5.69 Å². The lowest BCUT2D eigenvalue weighted by molar-refractivity contribution is 0.260. The Bertz CT molecular complexity index is 345. The molecular formula is C12H19O2PS2. The average Bonchev–Trinajstić information content (AvgIpc) is 2.35. The second kappa shape index (κ2) is 8.28. The second-order valence-electron chi connectivity index (χ2n) is 3.52. The van der Waals surface area contributed by atoms with Crippen molar-refractivity contribution < 1.29 is 9.05 Å². The quantitative estimate of drug-likeness (QED) is 0.636. The summed E-state index contributed by atoms with van der Waals surface area (Å²) in [7, 11) is 0. The van der Waals surface area contributed by atoms with E-state index in [9.17, 15) is 0 Å². The molecule has 0 amide bonds. The molecular weight excluding hydrogens is 271 g/mol. The van der Waals surface area contributed by atoms with Crippen LogP contribution in [0, 0.1) is 0 Å². The van der Waals surface area contributed by atoms with E-state index >= 15 is 0 Å². The highest BCUT2D eigenvalue weighted by Gasteiger charge is 2.20. The van der Waals surface area contributed by atoms with Crippen molar-refractivity contribution in [2.24, 2.45) is 0 Å². The van der Waals surface area contributed by atoms with Gasteiger partial charge in [-0.15, -0.1) is 0 Å². The highest BCUT2D eigenvalue weighted by Crippen LogP contribution is 2.64. The minimum atomic E-state index is -2.22. The Labute approximate surface area is 113 Å². The van der Waals surface area contributed by atoms with Crippen molar-refractivity contribution in [3.8, 4) is 0 Å². The molecule has 1 rings (SSSR count). The molecule has 0 atom stereocenters. The lowest BCUT2D eigenvalue weighted by Gasteiger charge is -2.20. The van der Waals surface area contributed by atoms with Gasteiger partial charge in [0.15, 0.2) is 0 Å². The van der Waals surface area contributed by atoms with Gasteiger partial charge in [0.1, 0.15) is 0 Å². The normalized spacial score (nSPS) is 11.6. The largest absolute Gasteiger partial charge is 0.321 e. The van der Waals surface area contributed by atoms with E-state index in [1.165, 1.54) is 0 Å². The van der Waals surface area contributed by atoms with Gasteiger partial charge in [-0.25, -0.2) is 0 Å². The lowest BCUT2D eigenvalue weighted by Crippen LogP contribution is -1.95. The summed E-state index contributed by atoms with van der Waals surface area (Å²) >= 11 is 7.10. The van der Waals surface area contributed by atoms with Gasteiger partial charge in [0, 0.05) is 4.90 Å². The second-order valence-corrected chi connectivity index (χ2v) is 9.71. The highest BCUT2D eigenvalue weighted by molar-refractivity contribution is 8.67. The predicted octanol–water partition coefficient (Wildman–Crippen LogP) is 4.86. The van der Waals surface area contributed by atoms with E-state index in [2.05, 4.69) is 13.8 Å². The van der Waals surface area contributed by atoms with Crippen molar-refractivity contribution >= 4 is 28.9 Å². The molecule has 0 spiro atoms. The molecule has 5 heteroatoms. The van der Waals surface area contributed by atoms with Crippen molar-refractivity contribution in [1.82, 2.24) is 0 Å². The van der Waals surface area contributed by atoms with Gasteiger partial charge in [-0.3, -0.25) is 0 Å². The molecule has 0 radical (unpaired) electrons. The van der Waals surface area contributed by atoms with Crippen molar-refractivity contribution in [3.63, 3.8) is 0 Å². The number of hydrogen-bond acceptors (Lipinski definition) is 4. The van der Waals surface area contributed by atoms with Crippen molar-refractivity contribution in [1.29, 1.82) is 0 Å². The van der Waals surface area contributed by atoms with Crippen LogP contribution in [0.4, 0.5) is 0 Å². The molecule has 0 bridgehead atoms. The maximum absolute atomic E-state index is 5.75. The molecule has 1 aromatic rings. The third-order valence-electron chi connectivity index (χ3n) is 1.87. The van der Waals surface area contributed by atoms with Crippen LogP contribution in [0.15, 0.2) is 35.2 Å². The zero-order valence-corrected chi connectivity index (χ0v) is 12.8. The first-order valence-electron chi connectivity index (χ1n) is 5.84. The van der Waals surface area contributed by atoms with Crippen LogP contribution >= 0.6 is 17.1 Å². The molecule has 0 aliphatic heterocycles. The van der Waals surface area contributed by atoms with Crippen molar-refractivity contribution in [2.45, 2.75) is 31.6 Å². The standard InChI is InChI=1S/C12H19O2PS2/c1-3-10-13-15(16,14-11-4-2)17-12-8-6-5-7-9-12/h5-9H,3-4,10-11H2,1-2H3. The van der Waals surface area contributed by atoms with E-state index in [0.717, 1.165) is 17.7 Å². The third kappa shape index (κ3) is 6.03. The number of rotatable bonds is 8. The molecule has 0 aromatic heterocycles. The van der Waals surface area contributed by atoms with Gasteiger partial charge in [0.2, 0.25) is 0 Å². The van der Waals surface area contributed by atoms with Gasteiger partial charge in [-0.2, -0.15) is 0 Å². The fourth-order valence-electron chi connectivity index (χ4n) is 1.11. The summed E-state index contributed by atoms with van der Waals surface area (Å²) in [5.74, 6) is 0. The molecule has 0 heterocycles. The van der Waals surface area contributed by atoms with Gasteiger partial charge in [-0.05, 0) is 48.2 Å². The lowest BCUT2D eigenvalue weighted by atomic mass is 10.4. The van der Waals surface area contributed by atoms with Crippen LogP contribution in [-0.2, 0) is 20.9 Å². The summed E-state index contributed by atoms with van der Waals surface area (Å²) in [6, 6.07) is 10.1.